The van der Waals surface area contributed by atoms with Crippen LogP contribution < -0.4 is 0 Å². The average molecular weight is 333 g/mol. The van der Waals surface area contributed by atoms with E-state index in [1.165, 1.54) is 4.90 Å². The Morgan fingerprint density at radius 3 is 2.83 bits per heavy atom. The van der Waals surface area contributed by atoms with Crippen molar-refractivity contribution in [3.63, 3.8) is 0 Å². The first-order valence-corrected chi connectivity index (χ1v) is 6.67. The first kappa shape index (κ1) is 13.4. The van der Waals surface area contributed by atoms with Gasteiger partial charge in [-0.25, -0.2) is 4.79 Å². The third-order valence-electron chi connectivity index (χ3n) is 2.98. The number of likely N-dealkylation sites (tertiary alicyclic amines) is 1. The van der Waals surface area contributed by atoms with Crippen molar-refractivity contribution < 1.29 is 14.7 Å². The molecule has 0 bridgehead atoms. The molecule has 18 heavy (non-hydrogen) atoms. The zero-order valence-electron chi connectivity index (χ0n) is 9.40. The molecule has 4 nitrogen and oxygen atoms in total. The molecule has 96 valence electrons. The van der Waals surface area contributed by atoms with E-state index >= 15 is 0 Å². The smallest absolute Gasteiger partial charge is 0.326 e. The Morgan fingerprint density at radius 1 is 1.44 bits per heavy atom. The van der Waals surface area contributed by atoms with Crippen LogP contribution in [0.2, 0.25) is 5.02 Å². The number of hydrogen-bond acceptors (Lipinski definition) is 2. The molecule has 0 aliphatic carbocycles. The van der Waals surface area contributed by atoms with E-state index in [-0.39, 0.29) is 5.91 Å². The van der Waals surface area contributed by atoms with Crippen LogP contribution in [0, 0.1) is 0 Å². The molecule has 0 spiro atoms. The fourth-order valence-corrected chi connectivity index (χ4v) is 2.66. The summed E-state index contributed by atoms with van der Waals surface area (Å²) in [6.45, 7) is 0.457. The predicted octanol–water partition coefficient (Wildman–Crippen LogP) is 2.79. The van der Waals surface area contributed by atoms with Crippen molar-refractivity contribution in [2.75, 3.05) is 6.54 Å². The number of nitrogens with zero attached hydrogens (tertiary/aromatic N) is 1. The molecule has 1 fully saturated rings. The van der Waals surface area contributed by atoms with E-state index in [0.29, 0.717) is 34.4 Å². The van der Waals surface area contributed by atoms with Gasteiger partial charge in [-0.15, -0.1) is 0 Å². The molecule has 0 radical (unpaired) electrons. The van der Waals surface area contributed by atoms with Gasteiger partial charge >= 0.3 is 5.97 Å². The van der Waals surface area contributed by atoms with E-state index in [4.69, 9.17) is 16.7 Å². The van der Waals surface area contributed by atoms with E-state index in [1.807, 2.05) is 0 Å². The third kappa shape index (κ3) is 2.37. The Bertz CT molecular complexity index is 506. The SMILES string of the molecule is O=C(O)[C@H]1CCCN1C(=O)c1cccc(Br)c1Cl. The summed E-state index contributed by atoms with van der Waals surface area (Å²) >= 11 is 9.30. The lowest BCUT2D eigenvalue weighted by atomic mass is 10.1. The van der Waals surface area contributed by atoms with Crippen molar-refractivity contribution in [3.05, 3.63) is 33.3 Å². The zero-order chi connectivity index (χ0) is 13.3. The second-order valence-corrected chi connectivity index (χ2v) is 5.33. The highest BCUT2D eigenvalue weighted by Crippen LogP contribution is 2.29. The van der Waals surface area contributed by atoms with Gasteiger partial charge in [-0.1, -0.05) is 17.7 Å². The van der Waals surface area contributed by atoms with Crippen molar-refractivity contribution in [2.45, 2.75) is 18.9 Å². The number of hydrogen-bond donors (Lipinski definition) is 1. The molecule has 1 saturated heterocycles. The summed E-state index contributed by atoms with van der Waals surface area (Å²) in [5, 5.41) is 9.39. The highest BCUT2D eigenvalue weighted by molar-refractivity contribution is 9.10. The lowest BCUT2D eigenvalue weighted by Gasteiger charge is -2.22. The second kappa shape index (κ2) is 5.28. The Kier molecular flexibility index (Phi) is 3.92. The van der Waals surface area contributed by atoms with Gasteiger partial charge < -0.3 is 10.0 Å². The van der Waals surface area contributed by atoms with Crippen LogP contribution in [0.4, 0.5) is 0 Å². The van der Waals surface area contributed by atoms with Crippen LogP contribution in [-0.2, 0) is 4.79 Å². The lowest BCUT2D eigenvalue weighted by Crippen LogP contribution is -2.40. The number of benzene rings is 1. The number of carboxylic acid groups (broad SMARTS) is 1. The maximum absolute atomic E-state index is 12.3. The van der Waals surface area contributed by atoms with Crippen LogP contribution in [0.3, 0.4) is 0 Å². The number of amides is 1. The number of carbonyl (C=O) groups excluding carboxylic acids is 1. The molecule has 1 N–H and O–H groups in total. The number of rotatable bonds is 2. The van der Waals surface area contributed by atoms with Gasteiger partial charge in [-0.3, -0.25) is 4.79 Å². The molecule has 0 unspecified atom stereocenters. The van der Waals surface area contributed by atoms with Crippen LogP contribution in [0.5, 0.6) is 0 Å². The van der Waals surface area contributed by atoms with Crippen LogP contribution in [0.25, 0.3) is 0 Å². The normalized spacial score (nSPS) is 19.0. The number of halogens is 2. The summed E-state index contributed by atoms with van der Waals surface area (Å²) in [7, 11) is 0. The van der Waals surface area contributed by atoms with Crippen molar-refractivity contribution in [3.8, 4) is 0 Å². The van der Waals surface area contributed by atoms with Crippen molar-refractivity contribution in [1.29, 1.82) is 0 Å². The first-order valence-electron chi connectivity index (χ1n) is 5.50. The number of carbonyl (C=O) groups is 2. The molecule has 0 aromatic heterocycles. The highest BCUT2D eigenvalue weighted by atomic mass is 79.9. The molecule has 1 aliphatic heterocycles. The minimum Gasteiger partial charge on any atom is -0.480 e. The van der Waals surface area contributed by atoms with Crippen LogP contribution >= 0.6 is 27.5 Å². The molecular weight excluding hydrogens is 321 g/mol. The van der Waals surface area contributed by atoms with E-state index in [1.54, 1.807) is 18.2 Å². The summed E-state index contributed by atoms with van der Waals surface area (Å²) < 4.78 is 0.626. The first-order chi connectivity index (χ1) is 8.52. The topological polar surface area (TPSA) is 57.6 Å². The van der Waals surface area contributed by atoms with E-state index in [0.717, 1.165) is 0 Å². The monoisotopic (exact) mass is 331 g/mol. The molecule has 2 rings (SSSR count). The predicted molar refractivity (Wildman–Crippen MR) is 70.8 cm³/mol. The Labute approximate surface area is 118 Å². The summed E-state index contributed by atoms with van der Waals surface area (Å²) in [4.78, 5) is 24.7. The van der Waals surface area contributed by atoms with Crippen LogP contribution in [0.15, 0.2) is 22.7 Å². The fraction of sp³-hybridized carbons (Fsp3) is 0.333. The summed E-state index contributed by atoms with van der Waals surface area (Å²) in [5.41, 5.74) is 0.333. The molecular formula is C12H11BrClNO3. The van der Waals surface area contributed by atoms with Gasteiger partial charge in [-0.05, 0) is 40.9 Å². The van der Waals surface area contributed by atoms with Gasteiger partial charge in [0.15, 0.2) is 0 Å². The molecule has 1 heterocycles. The third-order valence-corrected chi connectivity index (χ3v) is 4.28. The number of aliphatic carboxylic acids is 1. The fourth-order valence-electron chi connectivity index (χ4n) is 2.09. The van der Waals surface area contributed by atoms with Gasteiger partial charge in [-0.2, -0.15) is 0 Å². The van der Waals surface area contributed by atoms with Crippen molar-refractivity contribution in [1.82, 2.24) is 4.90 Å². The van der Waals surface area contributed by atoms with Gasteiger partial charge in [0.25, 0.3) is 5.91 Å². The zero-order valence-corrected chi connectivity index (χ0v) is 11.7. The highest BCUT2D eigenvalue weighted by Gasteiger charge is 2.35. The molecule has 1 amide bonds. The second-order valence-electron chi connectivity index (χ2n) is 4.10. The molecule has 1 aliphatic rings. The largest absolute Gasteiger partial charge is 0.480 e. The summed E-state index contributed by atoms with van der Waals surface area (Å²) in [5.74, 6) is -1.29. The Morgan fingerprint density at radius 2 is 2.17 bits per heavy atom. The summed E-state index contributed by atoms with van der Waals surface area (Å²) in [6, 6.07) is 4.30. The Balaban J connectivity index is 2.31. The van der Waals surface area contributed by atoms with Gasteiger partial charge in [0.1, 0.15) is 6.04 Å². The standard InChI is InChI=1S/C12H11BrClNO3/c13-8-4-1-3-7(10(8)14)11(16)15-6-2-5-9(15)12(17)18/h1,3-4,9H,2,5-6H2,(H,17,18)/t9-/m1/s1. The molecule has 0 saturated carbocycles. The van der Waals surface area contributed by atoms with E-state index in [9.17, 15) is 9.59 Å². The molecule has 1 atom stereocenters. The van der Waals surface area contributed by atoms with Gasteiger partial charge in [0.05, 0.1) is 10.6 Å². The quantitative estimate of drug-likeness (QED) is 0.906. The molecule has 1 aromatic rings. The maximum atomic E-state index is 12.3. The lowest BCUT2D eigenvalue weighted by molar-refractivity contribution is -0.141. The van der Waals surface area contributed by atoms with Gasteiger partial charge in [0.2, 0.25) is 0 Å². The van der Waals surface area contributed by atoms with E-state index in [2.05, 4.69) is 15.9 Å². The average Bonchev–Trinajstić information content (AvgIpc) is 2.81. The van der Waals surface area contributed by atoms with Crippen molar-refractivity contribution >= 4 is 39.4 Å². The molecule has 1 aromatic carbocycles. The van der Waals surface area contributed by atoms with Crippen LogP contribution in [0.1, 0.15) is 23.2 Å². The Hall–Kier alpha value is -1.07. The summed E-state index contributed by atoms with van der Waals surface area (Å²) in [6.07, 6.45) is 1.20. The minimum atomic E-state index is -0.966. The van der Waals surface area contributed by atoms with Gasteiger partial charge in [0, 0.05) is 11.0 Å². The van der Waals surface area contributed by atoms with E-state index < -0.39 is 12.0 Å². The minimum absolute atomic E-state index is 0.318. The van der Waals surface area contributed by atoms with Crippen molar-refractivity contribution in [2.24, 2.45) is 0 Å². The maximum Gasteiger partial charge on any atom is 0.326 e. The number of carboxylic acids is 1. The van der Waals surface area contributed by atoms with Crippen LogP contribution in [-0.4, -0.2) is 34.5 Å². The molecule has 6 heteroatoms.